The molecule has 0 radical (unpaired) electrons. The highest BCUT2D eigenvalue weighted by atomic mass is 35.5. The summed E-state index contributed by atoms with van der Waals surface area (Å²) in [4.78, 5) is 0. The molecule has 160 valence electrons. The van der Waals surface area contributed by atoms with Crippen molar-refractivity contribution in [1.82, 2.24) is 5.32 Å². The van der Waals surface area contributed by atoms with Crippen LogP contribution in [0.15, 0.2) is 42.5 Å². The van der Waals surface area contributed by atoms with Crippen LogP contribution in [0.1, 0.15) is 56.6 Å². The zero-order valence-corrected chi connectivity index (χ0v) is 19.2. The van der Waals surface area contributed by atoms with Gasteiger partial charge < -0.3 is 10.1 Å². The molecule has 4 fully saturated rings. The summed E-state index contributed by atoms with van der Waals surface area (Å²) in [6, 6.07) is 14.5. The summed E-state index contributed by atoms with van der Waals surface area (Å²) in [6.07, 6.45) is 8.88. The third-order valence-corrected chi connectivity index (χ3v) is 8.54. The van der Waals surface area contributed by atoms with Gasteiger partial charge in [0, 0.05) is 28.2 Å². The summed E-state index contributed by atoms with van der Waals surface area (Å²) in [7, 11) is 0. The van der Waals surface area contributed by atoms with Crippen molar-refractivity contribution >= 4 is 23.2 Å². The number of rotatable bonds is 7. The molecule has 2 aromatic rings. The van der Waals surface area contributed by atoms with E-state index in [4.69, 9.17) is 27.9 Å². The van der Waals surface area contributed by atoms with Crippen LogP contribution < -0.4 is 10.1 Å². The summed E-state index contributed by atoms with van der Waals surface area (Å²) in [6.45, 7) is 3.79. The molecule has 1 atom stereocenters. The van der Waals surface area contributed by atoms with Gasteiger partial charge in [-0.25, -0.2) is 0 Å². The van der Waals surface area contributed by atoms with E-state index in [-0.39, 0.29) is 0 Å². The Hall–Kier alpha value is -1.22. The predicted octanol–water partition coefficient (Wildman–Crippen LogP) is 7.27. The maximum atomic E-state index is 6.23. The van der Waals surface area contributed by atoms with Gasteiger partial charge in [0.05, 0.1) is 0 Å². The SMILES string of the molecule is C[C@@H](NCc1ccc(OCc2ccc(Cl)cc2Cl)cc1)C12CC3CC(CC(C3)C1)C2. The maximum absolute atomic E-state index is 6.23. The Kier molecular flexibility index (Phi) is 5.77. The van der Waals surface area contributed by atoms with Crippen molar-refractivity contribution in [2.24, 2.45) is 23.2 Å². The van der Waals surface area contributed by atoms with Crippen LogP contribution >= 0.6 is 23.2 Å². The molecular formula is C26H31Cl2NO. The highest BCUT2D eigenvalue weighted by Gasteiger charge is 2.52. The van der Waals surface area contributed by atoms with Gasteiger partial charge in [-0.05, 0) is 98.4 Å². The van der Waals surface area contributed by atoms with Gasteiger partial charge in [-0.2, -0.15) is 0 Å². The number of halogens is 2. The molecule has 30 heavy (non-hydrogen) atoms. The molecule has 4 heteroatoms. The van der Waals surface area contributed by atoms with Crippen LogP contribution in [0.3, 0.4) is 0 Å². The van der Waals surface area contributed by atoms with E-state index in [1.54, 1.807) is 6.07 Å². The van der Waals surface area contributed by atoms with E-state index in [0.717, 1.165) is 35.6 Å². The lowest BCUT2D eigenvalue weighted by molar-refractivity contribution is -0.0706. The van der Waals surface area contributed by atoms with Gasteiger partial charge in [-0.15, -0.1) is 0 Å². The second-order valence-electron chi connectivity index (χ2n) is 10.1. The van der Waals surface area contributed by atoms with Crippen LogP contribution in [0.25, 0.3) is 0 Å². The molecule has 0 saturated heterocycles. The number of benzene rings is 2. The van der Waals surface area contributed by atoms with Crippen LogP contribution in [-0.2, 0) is 13.2 Å². The van der Waals surface area contributed by atoms with Gasteiger partial charge in [-0.3, -0.25) is 0 Å². The average Bonchev–Trinajstić information content (AvgIpc) is 2.71. The van der Waals surface area contributed by atoms with Gasteiger partial charge >= 0.3 is 0 Å². The summed E-state index contributed by atoms with van der Waals surface area (Å²) < 4.78 is 5.91. The average molecular weight is 444 g/mol. The standard InChI is InChI=1S/C26H31Cl2NO/c1-17(26-12-19-8-20(13-26)10-21(9-19)14-26)29-15-18-2-6-24(7-3-18)30-16-22-4-5-23(27)11-25(22)28/h2-7,11,17,19-21,29H,8-10,12-16H2,1H3/t17-,19?,20?,21?,26?/m1/s1. The number of hydrogen-bond acceptors (Lipinski definition) is 2. The molecule has 4 saturated carbocycles. The van der Waals surface area contributed by atoms with E-state index < -0.39 is 0 Å². The van der Waals surface area contributed by atoms with Crippen LogP contribution in [0.2, 0.25) is 10.0 Å². The van der Waals surface area contributed by atoms with E-state index in [0.29, 0.717) is 28.1 Å². The summed E-state index contributed by atoms with van der Waals surface area (Å²) in [5, 5.41) is 5.16. The van der Waals surface area contributed by atoms with Crippen molar-refractivity contribution in [2.75, 3.05) is 0 Å². The third kappa shape index (κ3) is 4.24. The van der Waals surface area contributed by atoms with Gasteiger partial charge in [-0.1, -0.05) is 41.4 Å². The Morgan fingerprint density at radius 2 is 1.60 bits per heavy atom. The molecule has 0 amide bonds. The first-order valence-electron chi connectivity index (χ1n) is 11.4. The normalized spacial score (nSPS) is 30.4. The smallest absolute Gasteiger partial charge is 0.119 e. The van der Waals surface area contributed by atoms with E-state index >= 15 is 0 Å². The van der Waals surface area contributed by atoms with Crippen molar-refractivity contribution in [3.63, 3.8) is 0 Å². The van der Waals surface area contributed by atoms with Crippen molar-refractivity contribution < 1.29 is 4.74 Å². The van der Waals surface area contributed by atoms with Gasteiger partial charge in [0.1, 0.15) is 12.4 Å². The molecule has 0 heterocycles. The van der Waals surface area contributed by atoms with Crippen LogP contribution in [0, 0.1) is 23.2 Å². The summed E-state index contributed by atoms with van der Waals surface area (Å²) in [5.41, 5.74) is 2.80. The zero-order chi connectivity index (χ0) is 20.7. The molecule has 4 bridgehead atoms. The quantitative estimate of drug-likeness (QED) is 0.485. The molecule has 0 aliphatic heterocycles. The minimum absolute atomic E-state index is 0.441. The summed E-state index contributed by atoms with van der Waals surface area (Å²) in [5.74, 6) is 3.88. The fraction of sp³-hybridized carbons (Fsp3) is 0.538. The van der Waals surface area contributed by atoms with Crippen molar-refractivity contribution in [1.29, 1.82) is 0 Å². The van der Waals surface area contributed by atoms with E-state index in [1.165, 1.54) is 44.1 Å². The van der Waals surface area contributed by atoms with Gasteiger partial charge in [0.2, 0.25) is 0 Å². The van der Waals surface area contributed by atoms with E-state index in [1.807, 2.05) is 12.1 Å². The lowest BCUT2D eigenvalue weighted by atomic mass is 9.48. The van der Waals surface area contributed by atoms with Gasteiger partial charge in [0.15, 0.2) is 0 Å². The highest BCUT2D eigenvalue weighted by Crippen LogP contribution is 2.61. The molecule has 2 nitrogen and oxygen atoms in total. The molecule has 0 unspecified atom stereocenters. The largest absolute Gasteiger partial charge is 0.489 e. The first-order valence-corrected chi connectivity index (χ1v) is 12.1. The second kappa shape index (κ2) is 8.37. The van der Waals surface area contributed by atoms with E-state index in [2.05, 4.69) is 36.5 Å². The molecule has 2 aromatic carbocycles. The fourth-order valence-corrected chi connectivity index (χ4v) is 7.16. The Balaban J connectivity index is 1.15. The molecule has 6 rings (SSSR count). The number of ether oxygens (including phenoxy) is 1. The lowest BCUT2D eigenvalue weighted by Crippen LogP contribution is -2.54. The zero-order valence-electron chi connectivity index (χ0n) is 17.7. The first kappa shape index (κ1) is 20.7. The topological polar surface area (TPSA) is 21.3 Å². The number of hydrogen-bond donors (Lipinski definition) is 1. The lowest BCUT2D eigenvalue weighted by Gasteiger charge is -2.59. The van der Waals surface area contributed by atoms with Crippen molar-refractivity contribution in [2.45, 2.75) is 64.6 Å². The first-order chi connectivity index (χ1) is 14.5. The molecule has 4 aliphatic carbocycles. The van der Waals surface area contributed by atoms with Crippen molar-refractivity contribution in [3.8, 4) is 5.75 Å². The molecule has 0 spiro atoms. The fourth-order valence-electron chi connectivity index (χ4n) is 6.70. The Morgan fingerprint density at radius 3 is 2.20 bits per heavy atom. The number of nitrogens with one attached hydrogen (secondary N) is 1. The second-order valence-corrected chi connectivity index (χ2v) is 10.9. The Bertz CT molecular complexity index is 859. The molecular weight excluding hydrogens is 413 g/mol. The minimum Gasteiger partial charge on any atom is -0.489 e. The predicted molar refractivity (Wildman–Crippen MR) is 124 cm³/mol. The van der Waals surface area contributed by atoms with E-state index in [9.17, 15) is 0 Å². The Labute approximate surface area is 190 Å². The highest BCUT2D eigenvalue weighted by molar-refractivity contribution is 6.35. The maximum Gasteiger partial charge on any atom is 0.119 e. The third-order valence-electron chi connectivity index (χ3n) is 7.95. The molecule has 1 N–H and O–H groups in total. The monoisotopic (exact) mass is 443 g/mol. The molecule has 0 aromatic heterocycles. The van der Waals surface area contributed by atoms with Crippen molar-refractivity contribution in [3.05, 3.63) is 63.6 Å². The molecule has 4 aliphatic rings. The minimum atomic E-state index is 0.441. The van der Waals surface area contributed by atoms with Crippen LogP contribution in [0.4, 0.5) is 0 Å². The van der Waals surface area contributed by atoms with Crippen LogP contribution in [-0.4, -0.2) is 6.04 Å². The van der Waals surface area contributed by atoms with Gasteiger partial charge in [0.25, 0.3) is 0 Å². The summed E-state index contributed by atoms with van der Waals surface area (Å²) >= 11 is 12.2. The van der Waals surface area contributed by atoms with Crippen LogP contribution in [0.5, 0.6) is 5.75 Å². The Morgan fingerprint density at radius 1 is 0.967 bits per heavy atom.